The Morgan fingerprint density at radius 1 is 0.590 bits per heavy atom. The maximum absolute atomic E-state index is 16.1. The van der Waals surface area contributed by atoms with Gasteiger partial charge in [0.15, 0.2) is 45.9 Å². The monoisotopic (exact) mass is 1430 g/mol. The Morgan fingerprint density at radius 2 is 1.06 bits per heavy atom. The highest BCUT2D eigenvalue weighted by atomic mass is 35.5. The van der Waals surface area contributed by atoms with Crippen LogP contribution in [0.2, 0.25) is 10.0 Å². The van der Waals surface area contributed by atoms with E-state index in [9.17, 15) is 15.8 Å². The van der Waals surface area contributed by atoms with E-state index in [4.69, 9.17) is 90.9 Å². The molecule has 7 aromatic rings. The van der Waals surface area contributed by atoms with Gasteiger partial charge in [-0.15, -0.1) is 0 Å². The number of halogens is 2. The third-order valence-electron chi connectivity index (χ3n) is 18.4. The summed E-state index contributed by atoms with van der Waals surface area (Å²) in [4.78, 5) is 8.27. The molecule has 3 aromatic carbocycles. The Hall–Kier alpha value is -7.34. The standard InChI is InChI=1S/C73H90Cl2N11O13P/c1-8-9-10-11-12-13-14-15-16-17-18-19-20-21-22-23-36-88-41-52(91-51-31-30-50(40-76)59(37-51)90-47(2)3)42-89-100(87,98-57-28-24-26-48(60(57)74)38-72(43-77)66-64(92-70(4,5)96-66)62(94-72)53-32-34-55-68(79)81-45-83-85(53)55)99-58-29-25-27-49(61(58)75)39-73(44-78)67-65(93-71(6,7)97-67)63(95-73)54-33-35-56-69(80)82-46-84-86(54)56/h24-35,37,45-47,52,62-67H,8-23,36,38-39,41-42H2,1-7H3,(H2,79,81,83)(H2,80,82,84)/t52-,62+,63+,64?,65?,66?,67?,72-,73-,100?/m1/s1. The largest absolute Gasteiger partial charge is 0.587 e. The average Bonchev–Trinajstić information content (AvgIpc) is 1.57. The van der Waals surface area contributed by atoms with E-state index in [2.05, 4.69) is 45.3 Å². The molecule has 0 aliphatic carbocycles. The molecule has 100 heavy (non-hydrogen) atoms. The number of benzene rings is 3. The number of ether oxygens (including phenoxy) is 9. The van der Waals surface area contributed by atoms with Crippen LogP contribution in [-0.2, 0) is 55.1 Å². The Morgan fingerprint density at radius 3 is 1.51 bits per heavy atom. The molecule has 24 nitrogen and oxygen atoms in total. The zero-order valence-corrected chi connectivity index (χ0v) is 60.2. The predicted molar refractivity (Wildman–Crippen MR) is 374 cm³/mol. The molecule has 0 radical (unpaired) electrons. The number of nitrogens with zero attached hydrogens (tertiary/aromatic N) is 9. The number of hydrogen-bond acceptors (Lipinski definition) is 22. The fraction of sp³-hybridized carbons (Fsp3) is 0.548. The van der Waals surface area contributed by atoms with Gasteiger partial charge in [-0.1, -0.05) is 151 Å². The molecule has 11 rings (SSSR count). The molecule has 4 aliphatic heterocycles. The summed E-state index contributed by atoms with van der Waals surface area (Å²) < 4.78 is 97.2. The van der Waals surface area contributed by atoms with Gasteiger partial charge in [0, 0.05) is 25.5 Å². The summed E-state index contributed by atoms with van der Waals surface area (Å²) in [7, 11) is -5.07. The highest BCUT2D eigenvalue weighted by Crippen LogP contribution is 2.57. The summed E-state index contributed by atoms with van der Waals surface area (Å²) in [5.74, 6) is -1.54. The number of aromatic nitrogens is 6. The minimum atomic E-state index is -5.07. The second-order valence-electron chi connectivity index (χ2n) is 27.3. The summed E-state index contributed by atoms with van der Waals surface area (Å²) in [6.45, 7) is 12.8. The lowest BCUT2D eigenvalue weighted by Crippen LogP contribution is -2.44. The van der Waals surface area contributed by atoms with Gasteiger partial charge in [-0.25, -0.2) is 23.6 Å². The quantitative estimate of drug-likeness (QED) is 0.0272. The molecule has 9 atom stereocenters. The van der Waals surface area contributed by atoms with Crippen LogP contribution >= 0.6 is 31.0 Å². The van der Waals surface area contributed by atoms with Crippen molar-refractivity contribution in [2.75, 3.05) is 31.3 Å². The minimum Gasteiger partial charge on any atom is -0.489 e. The fourth-order valence-corrected chi connectivity index (χ4v) is 15.6. The summed E-state index contributed by atoms with van der Waals surface area (Å²) in [6, 6.07) is 28.4. The molecule has 4 fully saturated rings. The smallest absolute Gasteiger partial charge is 0.489 e. The van der Waals surface area contributed by atoms with Crippen LogP contribution < -0.4 is 30.0 Å². The van der Waals surface area contributed by atoms with E-state index in [-0.39, 0.29) is 58.7 Å². The third-order valence-corrected chi connectivity index (χ3v) is 20.6. The number of phosphoric ester groups is 1. The van der Waals surface area contributed by atoms with E-state index >= 15 is 4.57 Å². The Kier molecular flexibility index (Phi) is 23.9. The van der Waals surface area contributed by atoms with E-state index in [1.165, 1.54) is 102 Å². The van der Waals surface area contributed by atoms with Crippen molar-refractivity contribution in [1.29, 1.82) is 15.8 Å². The molecule has 27 heteroatoms. The molecule has 4 aliphatic rings. The van der Waals surface area contributed by atoms with E-state index in [0.29, 0.717) is 57.2 Å². The van der Waals surface area contributed by atoms with Crippen LogP contribution in [0.1, 0.15) is 191 Å². The predicted octanol–water partition coefficient (Wildman–Crippen LogP) is 15.4. The van der Waals surface area contributed by atoms with Crippen molar-refractivity contribution in [3.8, 4) is 41.2 Å². The lowest BCUT2D eigenvalue weighted by molar-refractivity contribution is -0.200. The van der Waals surface area contributed by atoms with Crippen molar-refractivity contribution < 1.29 is 60.8 Å². The van der Waals surface area contributed by atoms with Gasteiger partial charge in [0.1, 0.15) is 103 Å². The molecule has 4 unspecified atom stereocenters. The van der Waals surface area contributed by atoms with Crippen LogP contribution in [0, 0.1) is 34.0 Å². The number of rotatable bonds is 36. The molecule has 0 bridgehead atoms. The first-order valence-corrected chi connectivity index (χ1v) is 37.0. The SMILES string of the molecule is CCCCCCCCCCCCCCCCCCOC[C@H](COP(=O)(Oc1cccc(C[C@]2(C#N)O[C@@H](c3ccc4c(N)ncnn34)C3OC(C)(C)OC32)c1Cl)Oc1cccc(C[C@]2(C#N)O[C@@H](c3ccc4c(N)ncnn34)C3OC(C)(C)OC32)c1Cl)Oc1ccc(C#N)c(OC(C)C)c1. The first-order valence-electron chi connectivity index (χ1n) is 34.8. The molecule has 534 valence electrons. The average molecular weight is 1430 g/mol. The molecular formula is C73H90Cl2N11O13P. The molecule has 0 saturated carbocycles. The second kappa shape index (κ2) is 32.3. The number of phosphoric acid groups is 1. The zero-order valence-electron chi connectivity index (χ0n) is 57.8. The zero-order chi connectivity index (χ0) is 70.8. The van der Waals surface area contributed by atoms with Gasteiger partial charge < -0.3 is 63.1 Å². The Balaban J connectivity index is 0.858. The van der Waals surface area contributed by atoms with Gasteiger partial charge in [0.2, 0.25) is 0 Å². The minimum absolute atomic E-state index is 0.0473. The van der Waals surface area contributed by atoms with Crippen LogP contribution in [0.15, 0.2) is 91.5 Å². The Bertz CT molecular complexity index is 3960. The molecule has 4 N–H and O–H groups in total. The van der Waals surface area contributed by atoms with Crippen molar-refractivity contribution in [1.82, 2.24) is 29.2 Å². The lowest BCUT2D eigenvalue weighted by Gasteiger charge is -2.30. The fourth-order valence-electron chi connectivity index (χ4n) is 13.7. The molecule has 0 amide bonds. The van der Waals surface area contributed by atoms with Crippen molar-refractivity contribution in [3.05, 3.63) is 130 Å². The first kappa shape index (κ1) is 73.9. The van der Waals surface area contributed by atoms with Crippen molar-refractivity contribution in [2.45, 2.75) is 236 Å². The van der Waals surface area contributed by atoms with Crippen LogP contribution in [-0.4, -0.2) is 108 Å². The van der Waals surface area contributed by atoms with E-state index < -0.39 is 79.9 Å². The van der Waals surface area contributed by atoms with Crippen LogP contribution in [0.3, 0.4) is 0 Å². The van der Waals surface area contributed by atoms with Gasteiger partial charge in [-0.05, 0) is 108 Å². The van der Waals surface area contributed by atoms with Crippen LogP contribution in [0.25, 0.3) is 11.0 Å². The number of fused-ring (bicyclic) bond motifs is 4. The normalized spacial score (nSPS) is 23.6. The Labute approximate surface area is 594 Å². The summed E-state index contributed by atoms with van der Waals surface area (Å²) >= 11 is 14.8. The van der Waals surface area contributed by atoms with Gasteiger partial charge in [-0.2, -0.15) is 26.0 Å². The third kappa shape index (κ3) is 16.9. The first-order chi connectivity index (χ1) is 48.1. The number of anilines is 2. The van der Waals surface area contributed by atoms with Gasteiger partial charge in [0.05, 0.1) is 39.7 Å². The maximum atomic E-state index is 16.1. The van der Waals surface area contributed by atoms with Gasteiger partial charge in [-0.3, -0.25) is 4.52 Å². The highest BCUT2D eigenvalue weighted by molar-refractivity contribution is 7.49. The van der Waals surface area contributed by atoms with E-state index in [0.717, 1.165) is 25.7 Å². The number of nitrogen functional groups attached to an aromatic ring is 2. The van der Waals surface area contributed by atoms with E-state index in [1.807, 2.05) is 13.8 Å². The number of nitrogens with two attached hydrogens (primary N) is 2. The van der Waals surface area contributed by atoms with Crippen molar-refractivity contribution >= 4 is 53.7 Å². The van der Waals surface area contributed by atoms with Gasteiger partial charge in [0.25, 0.3) is 0 Å². The highest BCUT2D eigenvalue weighted by Gasteiger charge is 2.66. The van der Waals surface area contributed by atoms with Crippen LogP contribution in [0.5, 0.6) is 23.0 Å². The van der Waals surface area contributed by atoms with Crippen LogP contribution in [0.4, 0.5) is 11.6 Å². The number of unbranched alkanes of at least 4 members (excludes halogenated alkanes) is 15. The maximum Gasteiger partial charge on any atom is 0.587 e. The summed E-state index contributed by atoms with van der Waals surface area (Å²) in [6.07, 6.45) is 15.4. The van der Waals surface area contributed by atoms with Gasteiger partial charge >= 0.3 is 7.82 Å². The summed E-state index contributed by atoms with van der Waals surface area (Å²) in [5, 5.41) is 41.4. The number of hydrogen-bond donors (Lipinski definition) is 2. The molecule has 4 saturated heterocycles. The lowest BCUT2D eigenvalue weighted by atomic mass is 9.88. The topological polar surface area (TPSA) is 312 Å². The van der Waals surface area contributed by atoms with Crippen molar-refractivity contribution in [3.63, 3.8) is 0 Å². The van der Waals surface area contributed by atoms with E-state index in [1.54, 1.807) is 103 Å². The second-order valence-corrected chi connectivity index (χ2v) is 29.6. The van der Waals surface area contributed by atoms with Crippen molar-refractivity contribution in [2.24, 2.45) is 0 Å². The number of nitriles is 3. The molecule has 0 spiro atoms. The molecule has 8 heterocycles. The summed E-state index contributed by atoms with van der Waals surface area (Å²) in [5.41, 5.74) is 12.1. The molecular weight excluding hydrogens is 1340 g/mol. The molecule has 4 aromatic heterocycles.